The number of hydrogen-bond acceptors (Lipinski definition) is 8. The molecule has 0 N–H and O–H groups in total. The molecule has 3 aromatic rings. The molecule has 9 nitrogen and oxygen atoms in total. The van der Waals surface area contributed by atoms with E-state index in [1.807, 2.05) is 0 Å². The van der Waals surface area contributed by atoms with Crippen LogP contribution in [0.3, 0.4) is 0 Å². The monoisotopic (exact) mass is 537 g/mol. The average molecular weight is 538 g/mol. The fourth-order valence-corrected chi connectivity index (χ4v) is 4.13. The molecule has 2 heterocycles. The molecule has 0 amide bonds. The van der Waals surface area contributed by atoms with Gasteiger partial charge < -0.3 is 9.26 Å². The molecule has 1 aromatic carbocycles. The maximum atomic E-state index is 13.4. The fraction of sp³-hybridized carbons (Fsp3) is 0.200. The second-order valence-corrected chi connectivity index (χ2v) is 8.57. The van der Waals surface area contributed by atoms with Crippen LogP contribution in [0.25, 0.3) is 17.2 Å². The van der Waals surface area contributed by atoms with Gasteiger partial charge in [-0.1, -0.05) is 28.4 Å². The van der Waals surface area contributed by atoms with Gasteiger partial charge in [0, 0.05) is 0 Å². The average Bonchev–Trinajstić information content (AvgIpc) is 3.32. The van der Waals surface area contributed by atoms with Gasteiger partial charge >= 0.3 is 11.7 Å². The maximum Gasteiger partial charge on any atom is 0.502 e. The van der Waals surface area contributed by atoms with E-state index in [0.29, 0.717) is 29.6 Å². The number of rotatable bonds is 5. The predicted molar refractivity (Wildman–Crippen MR) is 100 cm³/mol. The zero-order valence-electron chi connectivity index (χ0n) is 15.6. The van der Waals surface area contributed by atoms with Crippen LogP contribution in [0.2, 0.25) is 10.0 Å². The molecule has 2 aromatic heterocycles. The molecule has 0 saturated heterocycles. The molecule has 0 saturated carbocycles. The molecule has 0 bridgehead atoms. The van der Waals surface area contributed by atoms with E-state index in [4.69, 9.17) is 23.2 Å². The quantitative estimate of drug-likeness (QED) is 0.260. The Kier molecular flexibility index (Phi) is 6.38. The topological polar surface area (TPSA) is 112 Å². The smallest absolute Gasteiger partial charge is 0.486 e. The van der Waals surface area contributed by atoms with Gasteiger partial charge in [0.1, 0.15) is 5.69 Å². The predicted octanol–water partition coefficient (Wildman–Crippen LogP) is 4.85. The number of methoxy groups -OCH3 is 1. The standard InChI is InChI=1S/C15H7Cl2F6N5O4S/c1-31-4-25-13-11(33(29,30)15(21,22)23)9(12-24-5-32-27-12)26-28(13)10-7(16)2-6(3-8(10)17)14(18,19)20/h2-5H,1H3/b25-4+. The summed E-state index contributed by atoms with van der Waals surface area (Å²) in [5.74, 6) is -1.76. The number of sulfone groups is 1. The Labute approximate surface area is 189 Å². The van der Waals surface area contributed by atoms with E-state index in [2.05, 4.69) is 29.5 Å². The second kappa shape index (κ2) is 8.49. The van der Waals surface area contributed by atoms with Gasteiger partial charge in [-0.3, -0.25) is 0 Å². The number of halogens is 8. The molecule has 33 heavy (non-hydrogen) atoms. The Bertz CT molecular complexity index is 1300. The summed E-state index contributed by atoms with van der Waals surface area (Å²) < 4.78 is 114. The highest BCUT2D eigenvalue weighted by Crippen LogP contribution is 2.45. The summed E-state index contributed by atoms with van der Waals surface area (Å²) in [4.78, 5) is 5.45. The molecular weight excluding hydrogens is 531 g/mol. The summed E-state index contributed by atoms with van der Waals surface area (Å²) in [5.41, 5.74) is -8.72. The Morgan fingerprint density at radius 2 is 1.76 bits per heavy atom. The number of aliphatic imine (C=N–C) groups is 1. The first-order chi connectivity index (χ1) is 15.2. The first kappa shape index (κ1) is 24.8. The molecule has 0 radical (unpaired) electrons. The van der Waals surface area contributed by atoms with Crippen molar-refractivity contribution >= 4 is 45.3 Å². The summed E-state index contributed by atoms with van der Waals surface area (Å²) in [5, 5.41) is 5.50. The van der Waals surface area contributed by atoms with Crippen LogP contribution in [0.15, 0.2) is 32.9 Å². The summed E-state index contributed by atoms with van der Waals surface area (Å²) in [6, 6.07) is 0.834. The van der Waals surface area contributed by atoms with Gasteiger partial charge in [-0.15, -0.1) is 0 Å². The van der Waals surface area contributed by atoms with Crippen molar-refractivity contribution in [2.24, 2.45) is 4.99 Å². The van der Waals surface area contributed by atoms with E-state index in [9.17, 15) is 34.8 Å². The number of hydrogen-bond donors (Lipinski definition) is 0. The van der Waals surface area contributed by atoms with E-state index in [0.717, 1.165) is 7.11 Å². The molecule has 0 fully saturated rings. The molecule has 0 atom stereocenters. The second-order valence-electron chi connectivity index (χ2n) is 5.87. The van der Waals surface area contributed by atoms with Gasteiger partial charge in [-0.25, -0.2) is 13.1 Å². The summed E-state index contributed by atoms with van der Waals surface area (Å²) >= 11 is 11.8. The van der Waals surface area contributed by atoms with Crippen molar-refractivity contribution in [1.82, 2.24) is 19.9 Å². The summed E-state index contributed by atoms with van der Waals surface area (Å²) in [6.07, 6.45) is -3.64. The van der Waals surface area contributed by atoms with Crippen molar-refractivity contribution in [1.29, 1.82) is 0 Å². The van der Waals surface area contributed by atoms with Crippen LogP contribution in [-0.4, -0.2) is 47.4 Å². The van der Waals surface area contributed by atoms with Crippen LogP contribution in [0, 0.1) is 0 Å². The lowest BCUT2D eigenvalue weighted by molar-refractivity contribution is -0.137. The van der Waals surface area contributed by atoms with Gasteiger partial charge in [-0.2, -0.15) is 41.4 Å². The number of alkyl halides is 6. The lowest BCUT2D eigenvalue weighted by Gasteiger charge is -2.13. The zero-order chi connectivity index (χ0) is 24.8. The van der Waals surface area contributed by atoms with E-state index in [1.165, 1.54) is 0 Å². The third-order valence-corrected chi connectivity index (χ3v) is 5.90. The number of ether oxygens (including phenoxy) is 1. The Morgan fingerprint density at radius 1 is 1.15 bits per heavy atom. The van der Waals surface area contributed by atoms with Crippen LogP contribution >= 0.6 is 23.2 Å². The van der Waals surface area contributed by atoms with E-state index < -0.39 is 65.0 Å². The lowest BCUT2D eigenvalue weighted by atomic mass is 10.2. The van der Waals surface area contributed by atoms with Crippen molar-refractivity contribution in [3.05, 3.63) is 34.1 Å². The Balaban J connectivity index is 2.47. The van der Waals surface area contributed by atoms with Crippen molar-refractivity contribution in [3.63, 3.8) is 0 Å². The molecule has 178 valence electrons. The van der Waals surface area contributed by atoms with Crippen LogP contribution < -0.4 is 0 Å². The van der Waals surface area contributed by atoms with Gasteiger partial charge in [0.25, 0.3) is 9.84 Å². The van der Waals surface area contributed by atoms with E-state index in [1.54, 1.807) is 0 Å². The van der Waals surface area contributed by atoms with Gasteiger partial charge in [-0.05, 0) is 12.1 Å². The lowest BCUT2D eigenvalue weighted by Crippen LogP contribution is -2.23. The number of benzene rings is 1. The van der Waals surface area contributed by atoms with E-state index in [-0.39, 0.29) is 0 Å². The Hall–Kier alpha value is -2.85. The fourth-order valence-electron chi connectivity index (χ4n) is 2.48. The largest absolute Gasteiger partial charge is 0.502 e. The molecule has 3 rings (SSSR count). The molecule has 0 spiro atoms. The molecule has 18 heteroatoms. The first-order valence-electron chi connectivity index (χ1n) is 8.03. The van der Waals surface area contributed by atoms with Crippen molar-refractivity contribution in [2.45, 2.75) is 16.6 Å². The van der Waals surface area contributed by atoms with Crippen LogP contribution in [0.1, 0.15) is 5.56 Å². The molecule has 0 aliphatic rings. The number of nitrogens with zero attached hydrogens (tertiary/aromatic N) is 5. The third-order valence-electron chi connectivity index (χ3n) is 3.80. The highest BCUT2D eigenvalue weighted by molar-refractivity contribution is 7.92. The van der Waals surface area contributed by atoms with Crippen LogP contribution in [0.5, 0.6) is 0 Å². The normalized spacial score (nSPS) is 13.1. The zero-order valence-corrected chi connectivity index (χ0v) is 17.9. The van der Waals surface area contributed by atoms with Crippen LogP contribution in [-0.2, 0) is 20.8 Å². The molecule has 0 aliphatic heterocycles. The highest BCUT2D eigenvalue weighted by Gasteiger charge is 2.52. The van der Waals surface area contributed by atoms with E-state index >= 15 is 0 Å². The minimum atomic E-state index is -6.18. The molecular formula is C15H7Cl2F6N5O4S. The SMILES string of the molecule is CO/C=N/c1c(S(=O)(=O)C(F)(F)F)c(-c2ncon2)nn1-c1c(Cl)cc(C(F)(F)F)cc1Cl. The van der Waals surface area contributed by atoms with Crippen molar-refractivity contribution in [2.75, 3.05) is 7.11 Å². The molecule has 0 unspecified atom stereocenters. The third kappa shape index (κ3) is 4.49. The highest BCUT2D eigenvalue weighted by atomic mass is 35.5. The van der Waals surface area contributed by atoms with Crippen molar-refractivity contribution < 1.29 is 44.0 Å². The van der Waals surface area contributed by atoms with Crippen molar-refractivity contribution in [3.8, 4) is 17.2 Å². The van der Waals surface area contributed by atoms with Gasteiger partial charge in [0.05, 0.1) is 22.7 Å². The molecule has 0 aliphatic carbocycles. The van der Waals surface area contributed by atoms with Gasteiger partial charge in [0.15, 0.2) is 22.8 Å². The maximum absolute atomic E-state index is 13.4. The number of aromatic nitrogens is 4. The minimum Gasteiger partial charge on any atom is -0.486 e. The summed E-state index contributed by atoms with van der Waals surface area (Å²) in [7, 11) is -5.14. The first-order valence-corrected chi connectivity index (χ1v) is 10.3. The van der Waals surface area contributed by atoms with Gasteiger partial charge in [0.2, 0.25) is 12.2 Å². The minimum absolute atomic E-state index is 0.394. The van der Waals surface area contributed by atoms with Crippen LogP contribution in [0.4, 0.5) is 32.2 Å². The Morgan fingerprint density at radius 3 is 2.21 bits per heavy atom. The summed E-state index contributed by atoms with van der Waals surface area (Å²) in [6.45, 7) is 0.